The summed E-state index contributed by atoms with van der Waals surface area (Å²) in [5.74, 6) is 2.45. The van der Waals surface area contributed by atoms with Gasteiger partial charge in [0.25, 0.3) is 5.91 Å². The van der Waals surface area contributed by atoms with Gasteiger partial charge in [-0.15, -0.1) is 11.3 Å². The number of hydrogen-bond acceptors (Lipinski definition) is 6. The zero-order valence-electron chi connectivity index (χ0n) is 15.6. The molecule has 0 bridgehead atoms. The van der Waals surface area contributed by atoms with Gasteiger partial charge >= 0.3 is 0 Å². The first-order valence-corrected chi connectivity index (χ1v) is 10.8. The Kier molecular flexibility index (Phi) is 4.68. The van der Waals surface area contributed by atoms with E-state index in [0.717, 1.165) is 48.7 Å². The summed E-state index contributed by atoms with van der Waals surface area (Å²) in [5.41, 5.74) is 1.59. The number of nitrogens with zero attached hydrogens (tertiary/aromatic N) is 4. The van der Waals surface area contributed by atoms with E-state index in [-0.39, 0.29) is 5.91 Å². The van der Waals surface area contributed by atoms with Gasteiger partial charge < -0.3 is 9.42 Å². The maximum Gasteiger partial charge on any atom is 0.273 e. The minimum atomic E-state index is 0.0207. The van der Waals surface area contributed by atoms with Crippen molar-refractivity contribution in [1.29, 1.82) is 0 Å². The molecular weight excluding hydrogens is 372 g/mol. The van der Waals surface area contributed by atoms with Crippen LogP contribution in [0.5, 0.6) is 0 Å². The molecule has 0 N–H and O–H groups in total. The van der Waals surface area contributed by atoms with Crippen molar-refractivity contribution < 1.29 is 9.32 Å². The van der Waals surface area contributed by atoms with E-state index in [1.807, 2.05) is 40.6 Å². The molecule has 1 atom stereocenters. The van der Waals surface area contributed by atoms with E-state index >= 15 is 0 Å². The molecule has 1 aliphatic carbocycles. The first-order valence-electron chi connectivity index (χ1n) is 9.89. The predicted molar refractivity (Wildman–Crippen MR) is 106 cm³/mol. The highest BCUT2D eigenvalue weighted by atomic mass is 32.1. The van der Waals surface area contributed by atoms with Gasteiger partial charge in [-0.05, 0) is 31.6 Å². The molecule has 6 nitrogen and oxygen atoms in total. The summed E-state index contributed by atoms with van der Waals surface area (Å²) in [5, 5.41) is 6.86. The topological polar surface area (TPSA) is 72.1 Å². The van der Waals surface area contributed by atoms with Crippen LogP contribution in [0, 0.1) is 5.92 Å². The van der Waals surface area contributed by atoms with Gasteiger partial charge in [0.2, 0.25) is 5.89 Å². The number of likely N-dealkylation sites (tertiary alicyclic amines) is 1. The Morgan fingerprint density at radius 3 is 2.86 bits per heavy atom. The summed E-state index contributed by atoms with van der Waals surface area (Å²) in [6.07, 6.45) is 5.16. The van der Waals surface area contributed by atoms with Crippen LogP contribution < -0.4 is 0 Å². The highest BCUT2D eigenvalue weighted by molar-refractivity contribution is 7.13. The quantitative estimate of drug-likeness (QED) is 0.650. The average Bonchev–Trinajstić information content (AvgIpc) is 3.28. The number of carbonyl (C=O) groups is 1. The second kappa shape index (κ2) is 7.47. The van der Waals surface area contributed by atoms with Gasteiger partial charge in [-0.25, -0.2) is 4.98 Å². The van der Waals surface area contributed by atoms with Crippen molar-refractivity contribution >= 4 is 17.2 Å². The molecule has 2 fully saturated rings. The van der Waals surface area contributed by atoms with Crippen LogP contribution in [0.2, 0.25) is 0 Å². The Morgan fingerprint density at radius 2 is 2.04 bits per heavy atom. The monoisotopic (exact) mass is 394 g/mol. The molecule has 144 valence electrons. The number of benzene rings is 1. The second-order valence-corrected chi connectivity index (χ2v) is 8.55. The maximum absolute atomic E-state index is 13.0. The zero-order chi connectivity index (χ0) is 18.9. The number of piperidine rings is 1. The molecule has 1 amide bonds. The number of rotatable bonds is 5. The fourth-order valence-corrected chi connectivity index (χ4v) is 4.57. The molecule has 1 unspecified atom stereocenters. The van der Waals surface area contributed by atoms with E-state index in [4.69, 9.17) is 4.52 Å². The van der Waals surface area contributed by atoms with Crippen LogP contribution in [0.4, 0.5) is 0 Å². The average molecular weight is 395 g/mol. The summed E-state index contributed by atoms with van der Waals surface area (Å²) in [6.45, 7) is 1.50. The third-order valence-electron chi connectivity index (χ3n) is 5.44. The molecule has 1 aromatic carbocycles. The van der Waals surface area contributed by atoms with E-state index in [1.165, 1.54) is 24.2 Å². The molecule has 28 heavy (non-hydrogen) atoms. The lowest BCUT2D eigenvalue weighted by atomic mass is 9.94. The van der Waals surface area contributed by atoms with Crippen molar-refractivity contribution in [2.45, 2.75) is 38.0 Å². The summed E-state index contributed by atoms with van der Waals surface area (Å²) in [6, 6.07) is 9.99. The van der Waals surface area contributed by atoms with Gasteiger partial charge in [0.1, 0.15) is 10.7 Å². The fourth-order valence-electron chi connectivity index (χ4n) is 3.77. The van der Waals surface area contributed by atoms with Gasteiger partial charge in [-0.1, -0.05) is 35.5 Å². The van der Waals surface area contributed by atoms with Crippen LogP contribution >= 0.6 is 11.3 Å². The van der Waals surface area contributed by atoms with Crippen LogP contribution in [0.1, 0.15) is 53.8 Å². The highest BCUT2D eigenvalue weighted by Crippen LogP contribution is 2.38. The summed E-state index contributed by atoms with van der Waals surface area (Å²) < 4.78 is 5.43. The van der Waals surface area contributed by atoms with E-state index in [2.05, 4.69) is 15.1 Å². The summed E-state index contributed by atoms with van der Waals surface area (Å²) in [7, 11) is 0. The molecule has 3 heterocycles. The number of thiazole rings is 1. The first-order chi connectivity index (χ1) is 13.8. The van der Waals surface area contributed by atoms with Crippen LogP contribution in [0.25, 0.3) is 10.6 Å². The molecule has 2 aliphatic rings. The number of amides is 1. The lowest BCUT2D eigenvalue weighted by molar-refractivity contribution is 0.0663. The molecule has 1 aliphatic heterocycles. The molecule has 5 rings (SSSR count). The van der Waals surface area contributed by atoms with Crippen molar-refractivity contribution in [3.05, 3.63) is 53.1 Å². The molecule has 0 spiro atoms. The third kappa shape index (κ3) is 3.71. The Hall–Kier alpha value is -2.54. The zero-order valence-corrected chi connectivity index (χ0v) is 16.4. The van der Waals surface area contributed by atoms with Crippen molar-refractivity contribution in [3.63, 3.8) is 0 Å². The van der Waals surface area contributed by atoms with E-state index < -0.39 is 0 Å². The molecule has 0 radical (unpaired) electrons. The SMILES string of the molecule is O=C(c1csc(-c2ccccc2)n1)N1CCCC(Cc2nc(C3CC3)no2)C1. The minimum absolute atomic E-state index is 0.0207. The van der Waals surface area contributed by atoms with Gasteiger partial charge in [-0.2, -0.15) is 4.98 Å². The number of hydrogen-bond donors (Lipinski definition) is 0. The molecule has 7 heteroatoms. The number of aromatic nitrogens is 3. The predicted octanol–water partition coefficient (Wildman–Crippen LogP) is 4.17. The van der Waals surface area contributed by atoms with Crippen LogP contribution in [0.15, 0.2) is 40.2 Å². The molecule has 3 aromatic rings. The highest BCUT2D eigenvalue weighted by Gasteiger charge is 2.30. The van der Waals surface area contributed by atoms with Gasteiger partial charge in [0.05, 0.1) is 0 Å². The van der Waals surface area contributed by atoms with E-state index in [0.29, 0.717) is 23.4 Å². The fraction of sp³-hybridized carbons (Fsp3) is 0.429. The first kappa shape index (κ1) is 17.6. The molecule has 1 saturated heterocycles. The molecular formula is C21H22N4O2S. The summed E-state index contributed by atoms with van der Waals surface area (Å²) in [4.78, 5) is 24.0. The van der Waals surface area contributed by atoms with Gasteiger partial charge in [-0.3, -0.25) is 4.79 Å². The van der Waals surface area contributed by atoms with Crippen molar-refractivity contribution in [2.75, 3.05) is 13.1 Å². The smallest absolute Gasteiger partial charge is 0.273 e. The lowest BCUT2D eigenvalue weighted by Gasteiger charge is -2.31. The van der Waals surface area contributed by atoms with Gasteiger partial charge in [0.15, 0.2) is 5.82 Å². The van der Waals surface area contributed by atoms with Crippen molar-refractivity contribution in [1.82, 2.24) is 20.0 Å². The normalized spacial score (nSPS) is 19.7. The lowest BCUT2D eigenvalue weighted by Crippen LogP contribution is -2.40. The van der Waals surface area contributed by atoms with Crippen molar-refractivity contribution in [3.8, 4) is 10.6 Å². The largest absolute Gasteiger partial charge is 0.339 e. The Bertz CT molecular complexity index is 964. The van der Waals surface area contributed by atoms with Crippen LogP contribution in [-0.4, -0.2) is 39.0 Å². The molecule has 1 saturated carbocycles. The Morgan fingerprint density at radius 1 is 1.18 bits per heavy atom. The second-order valence-electron chi connectivity index (χ2n) is 7.69. The Labute approximate surface area is 167 Å². The van der Waals surface area contributed by atoms with Crippen LogP contribution in [0.3, 0.4) is 0 Å². The summed E-state index contributed by atoms with van der Waals surface area (Å²) >= 11 is 1.52. The third-order valence-corrected chi connectivity index (χ3v) is 6.33. The minimum Gasteiger partial charge on any atom is -0.339 e. The standard InChI is InChI=1S/C21H22N4O2S/c26-21(17-13-28-20(22-17)16-6-2-1-3-7-16)25-10-4-5-14(12-25)11-18-23-19(24-27-18)15-8-9-15/h1-3,6-7,13-15H,4-5,8-12H2. The van der Waals surface area contributed by atoms with Crippen molar-refractivity contribution in [2.24, 2.45) is 5.92 Å². The van der Waals surface area contributed by atoms with E-state index in [9.17, 15) is 4.79 Å². The number of carbonyl (C=O) groups excluding carboxylic acids is 1. The Balaban J connectivity index is 1.24. The maximum atomic E-state index is 13.0. The van der Waals surface area contributed by atoms with Crippen LogP contribution in [-0.2, 0) is 6.42 Å². The van der Waals surface area contributed by atoms with Gasteiger partial charge in [0, 0.05) is 36.4 Å². The van der Waals surface area contributed by atoms with E-state index in [1.54, 1.807) is 0 Å². The molecule has 2 aromatic heterocycles.